The first-order chi connectivity index (χ1) is 25.0. The maximum Gasteiger partial charge on any atom is 0.397 e. The van der Waals surface area contributed by atoms with Crippen LogP contribution in [-0.4, -0.2) is 179 Å². The van der Waals surface area contributed by atoms with Crippen molar-refractivity contribution in [3.05, 3.63) is 0 Å². The standard InChI is InChI=1S/C12H24O35S9/c13-48(14)41-7-4(2-38-51(19,20)21)40-12(11(47-56(34,35)36)10(7)43-50(17)18)37-1-5(44-53(25,26)27)8(42-49(15)16)9(46-55(31,32)33)6(45-54(28,29)30)3-39-52(22,23)24/h4-12H,1-3H2,(H,13,14)(H,15,16)(H,17,18)(H,19,20,21)(H,22,23,24)(H,25,26,27)(H,28,29,30)(H,31,32,33)(H,34,35,36)/t4-,5+,6-,7-,8-,9-,10+,11-,12-/m1/s1. The molecule has 44 heteroatoms. The van der Waals surface area contributed by atoms with Crippen LogP contribution in [0.1, 0.15) is 0 Å². The number of hydrogen-bond acceptors (Lipinski definition) is 26. The summed E-state index contributed by atoms with van der Waals surface area (Å²) in [5, 5.41) is 0. The van der Waals surface area contributed by atoms with Crippen LogP contribution in [0.5, 0.6) is 0 Å². The molecular formula is C12H24O35S9. The van der Waals surface area contributed by atoms with Crippen molar-refractivity contribution in [1.29, 1.82) is 0 Å². The quantitative estimate of drug-likeness (QED) is 0.0287. The van der Waals surface area contributed by atoms with Crippen LogP contribution in [0.4, 0.5) is 0 Å². The smallest absolute Gasteiger partial charge is 0.347 e. The fourth-order valence-electron chi connectivity index (χ4n) is 3.86. The lowest BCUT2D eigenvalue weighted by molar-refractivity contribution is -0.291. The van der Waals surface area contributed by atoms with Crippen molar-refractivity contribution in [2.24, 2.45) is 0 Å². The van der Waals surface area contributed by atoms with Gasteiger partial charge in [-0.2, -0.15) is 63.1 Å². The van der Waals surface area contributed by atoms with Crippen LogP contribution in [0, 0.1) is 0 Å². The predicted octanol–water partition coefficient (Wildman–Crippen LogP) is -6.32. The molecule has 12 atom stereocenters. The molecule has 0 aromatic carbocycles. The zero-order valence-electron chi connectivity index (χ0n) is 25.6. The Labute approximate surface area is 321 Å². The Morgan fingerprint density at radius 3 is 1.36 bits per heavy atom. The molecule has 35 nitrogen and oxygen atoms in total. The van der Waals surface area contributed by atoms with Gasteiger partial charge in [0.15, 0.2) is 12.4 Å². The van der Waals surface area contributed by atoms with Gasteiger partial charge in [-0.3, -0.25) is 53.5 Å². The molecular weight excluding hydrogens is 993 g/mol. The van der Waals surface area contributed by atoms with Crippen LogP contribution in [0.2, 0.25) is 0 Å². The number of ether oxygens (including phenoxy) is 2. The van der Waals surface area contributed by atoms with Crippen molar-refractivity contribution in [3.63, 3.8) is 0 Å². The molecule has 1 heterocycles. The van der Waals surface area contributed by atoms with Gasteiger partial charge in [-0.25, -0.2) is 25.1 Å². The largest absolute Gasteiger partial charge is 0.397 e. The molecule has 1 fully saturated rings. The van der Waals surface area contributed by atoms with Crippen molar-refractivity contribution in [3.8, 4) is 0 Å². The second-order valence-corrected chi connectivity index (χ2v) is 17.5. The third-order valence-electron chi connectivity index (χ3n) is 5.37. The summed E-state index contributed by atoms with van der Waals surface area (Å²) in [5.41, 5.74) is 0. The fraction of sp³-hybridized carbons (Fsp3) is 1.00. The summed E-state index contributed by atoms with van der Waals surface area (Å²) in [7, 11) is -35.7. The third kappa shape index (κ3) is 22.6. The Kier molecular flexibility index (Phi) is 20.2. The summed E-state index contributed by atoms with van der Waals surface area (Å²) in [6, 6.07) is 0. The van der Waals surface area contributed by atoms with E-state index in [1.54, 1.807) is 0 Å². The second-order valence-electron chi connectivity index (χ2n) is 9.24. The maximum atomic E-state index is 11.8. The molecule has 3 unspecified atom stereocenters. The van der Waals surface area contributed by atoms with E-state index in [0.717, 1.165) is 0 Å². The molecule has 0 aliphatic carbocycles. The molecule has 336 valence electrons. The van der Waals surface area contributed by atoms with Crippen molar-refractivity contribution in [2.45, 2.75) is 55.1 Å². The molecule has 1 aliphatic heterocycles. The van der Waals surface area contributed by atoms with Crippen LogP contribution < -0.4 is 0 Å². The van der Waals surface area contributed by atoms with Gasteiger partial charge >= 0.3 is 96.5 Å². The van der Waals surface area contributed by atoms with Crippen molar-refractivity contribution in [2.75, 3.05) is 19.8 Å². The Balaban J connectivity index is 4.08. The Morgan fingerprint density at radius 2 is 0.964 bits per heavy atom. The van der Waals surface area contributed by atoms with E-state index in [-0.39, 0.29) is 0 Å². The number of rotatable bonds is 26. The Morgan fingerprint density at radius 1 is 0.518 bits per heavy atom. The first kappa shape index (κ1) is 53.4. The lowest BCUT2D eigenvalue weighted by Gasteiger charge is -2.43. The second kappa shape index (κ2) is 21.2. The van der Waals surface area contributed by atoms with Gasteiger partial charge in [0.2, 0.25) is 0 Å². The van der Waals surface area contributed by atoms with Gasteiger partial charge in [-0.1, -0.05) is 0 Å². The van der Waals surface area contributed by atoms with E-state index in [1.165, 1.54) is 0 Å². The van der Waals surface area contributed by atoms with Crippen molar-refractivity contribution >= 4 is 96.5 Å². The number of hydrogen-bond donors (Lipinski definition) is 9. The third-order valence-corrected chi connectivity index (χ3v) is 9.31. The highest BCUT2D eigenvalue weighted by Crippen LogP contribution is 2.32. The molecule has 0 saturated carbocycles. The Hall–Kier alpha value is -0.650. The predicted molar refractivity (Wildman–Crippen MR) is 162 cm³/mol. The molecule has 1 aliphatic rings. The average molecular weight is 1020 g/mol. The summed E-state index contributed by atoms with van der Waals surface area (Å²) in [4.78, 5) is 0. The zero-order chi connectivity index (χ0) is 43.8. The first-order valence-corrected chi connectivity index (χ1v) is 23.7. The highest BCUT2D eigenvalue weighted by atomic mass is 32.3. The van der Waals surface area contributed by atoms with Gasteiger partial charge in [-0.15, -0.1) is 0 Å². The lowest BCUT2D eigenvalue weighted by atomic mass is 9.99. The van der Waals surface area contributed by atoms with Gasteiger partial charge < -0.3 is 9.47 Å². The highest BCUT2D eigenvalue weighted by molar-refractivity contribution is 7.82. The van der Waals surface area contributed by atoms with Crippen LogP contribution in [0.25, 0.3) is 0 Å². The van der Waals surface area contributed by atoms with Crippen LogP contribution in [0.3, 0.4) is 0 Å². The van der Waals surface area contributed by atoms with E-state index in [0.29, 0.717) is 0 Å². The zero-order valence-corrected chi connectivity index (χ0v) is 33.0. The molecule has 0 spiro atoms. The van der Waals surface area contributed by atoms with Gasteiger partial charge in [-0.05, 0) is 0 Å². The van der Waals surface area contributed by atoms with E-state index < -0.39 is 171 Å². The van der Waals surface area contributed by atoms with E-state index in [1.807, 2.05) is 0 Å². The van der Waals surface area contributed by atoms with E-state index in [4.69, 9.17) is 23.1 Å². The van der Waals surface area contributed by atoms with Crippen LogP contribution in [0.15, 0.2) is 0 Å². The first-order valence-electron chi connectivity index (χ1n) is 12.4. The monoisotopic (exact) mass is 1020 g/mol. The van der Waals surface area contributed by atoms with Crippen molar-refractivity contribution in [1.82, 2.24) is 0 Å². The maximum absolute atomic E-state index is 11.8. The lowest BCUT2D eigenvalue weighted by Crippen LogP contribution is -2.63. The minimum Gasteiger partial charge on any atom is -0.347 e. The molecule has 0 radical (unpaired) electrons. The molecule has 0 bridgehead atoms. The summed E-state index contributed by atoms with van der Waals surface area (Å²) in [6.45, 7) is -5.85. The molecule has 56 heavy (non-hydrogen) atoms. The van der Waals surface area contributed by atoms with Crippen LogP contribution >= 0.6 is 0 Å². The topological polar surface area (TPSA) is 540 Å². The van der Waals surface area contributed by atoms with Crippen LogP contribution in [-0.2, 0) is 144 Å². The fourth-order valence-corrected chi connectivity index (χ4v) is 7.68. The van der Waals surface area contributed by atoms with E-state index in [2.05, 4.69) is 37.6 Å². The highest BCUT2D eigenvalue weighted by Gasteiger charge is 2.54. The minimum absolute atomic E-state index is 1.66. The molecule has 0 aromatic rings. The summed E-state index contributed by atoms with van der Waals surface area (Å²) in [6.07, 6.45) is -27.2. The van der Waals surface area contributed by atoms with Gasteiger partial charge in [0.25, 0.3) is 0 Å². The molecule has 9 N–H and O–H groups in total. The summed E-state index contributed by atoms with van der Waals surface area (Å²) < 4.78 is 303. The molecule has 0 amide bonds. The Bertz CT molecular complexity index is 2060. The summed E-state index contributed by atoms with van der Waals surface area (Å²) >= 11 is -11.2. The SMILES string of the molecule is O=S(O)O[C@@H]1[C@@H](OS(=O)(=O)O)[C@H](OC[C@H](OS(=O)(=O)O)[C@@H](OS(=O)O)[C@H](OS(=O)(=O)O)[C@@H](COS(=O)(=O)O)OS(=O)(=O)O)O[C@H](COS(=O)(=O)O)[C@H]1OS(=O)O. The van der Waals surface area contributed by atoms with Gasteiger partial charge in [0.05, 0.1) is 19.8 Å². The van der Waals surface area contributed by atoms with Gasteiger partial charge in [0, 0.05) is 0 Å². The molecule has 0 aromatic heterocycles. The normalized spacial score (nSPS) is 25.8. The molecule has 1 saturated heterocycles. The van der Waals surface area contributed by atoms with Crippen molar-refractivity contribution < 1.29 is 151 Å². The average Bonchev–Trinajstić information content (AvgIpc) is 2.93. The van der Waals surface area contributed by atoms with E-state index >= 15 is 0 Å². The van der Waals surface area contributed by atoms with E-state index in [9.17, 15) is 90.4 Å². The molecule has 1 rings (SSSR count). The summed E-state index contributed by atoms with van der Waals surface area (Å²) in [5.74, 6) is 0. The minimum atomic E-state index is -6.20. The van der Waals surface area contributed by atoms with Gasteiger partial charge in [0.1, 0.15) is 42.7 Å².